The van der Waals surface area contributed by atoms with Gasteiger partial charge in [-0.25, -0.2) is 0 Å². The third-order valence-electron chi connectivity index (χ3n) is 5.01. The molecular formula is C21H27N5O8. The third kappa shape index (κ3) is 7.02. The summed E-state index contributed by atoms with van der Waals surface area (Å²) in [6.45, 7) is 0.372. The molecule has 0 aliphatic rings. The number of aliphatic carboxylic acids is 2. The first-order chi connectivity index (χ1) is 16.0. The molecule has 4 atom stereocenters. The van der Waals surface area contributed by atoms with Crippen LogP contribution in [-0.4, -0.2) is 80.7 Å². The van der Waals surface area contributed by atoms with Crippen molar-refractivity contribution in [1.29, 1.82) is 0 Å². The van der Waals surface area contributed by atoms with Crippen LogP contribution < -0.4 is 21.7 Å². The summed E-state index contributed by atoms with van der Waals surface area (Å²) < 4.78 is 0. The van der Waals surface area contributed by atoms with E-state index in [-0.39, 0.29) is 6.42 Å². The molecule has 0 saturated carbocycles. The second kappa shape index (κ2) is 11.8. The zero-order valence-electron chi connectivity index (χ0n) is 18.3. The molecule has 0 radical (unpaired) electrons. The van der Waals surface area contributed by atoms with Crippen molar-refractivity contribution in [2.24, 2.45) is 5.73 Å². The van der Waals surface area contributed by atoms with Crippen LogP contribution in [0.15, 0.2) is 30.5 Å². The smallest absolute Gasteiger partial charge is 0.325 e. The van der Waals surface area contributed by atoms with Gasteiger partial charge in [0.25, 0.3) is 0 Å². The Morgan fingerprint density at radius 2 is 1.59 bits per heavy atom. The number of aromatic amines is 1. The van der Waals surface area contributed by atoms with E-state index >= 15 is 0 Å². The molecule has 3 amide bonds. The summed E-state index contributed by atoms with van der Waals surface area (Å²) in [4.78, 5) is 62.5. The fourth-order valence-corrected chi connectivity index (χ4v) is 3.13. The number of rotatable bonds is 12. The standard InChI is InChI=1S/C21H27N5O8/c1-10(21(33)34)24-20(32)16(9-27)26-19(31)15(25-18(30)13(22)7-17(28)29)6-11-8-23-14-5-3-2-4-12(11)14/h2-5,8,10,13,15-16,23,27H,6-7,9,22H2,1H3,(H,24,32)(H,25,30)(H,26,31)(H,28,29)(H,33,34). The van der Waals surface area contributed by atoms with E-state index in [2.05, 4.69) is 20.9 Å². The molecule has 1 aromatic heterocycles. The first-order valence-corrected chi connectivity index (χ1v) is 10.3. The third-order valence-corrected chi connectivity index (χ3v) is 5.01. The topological polar surface area (TPSA) is 224 Å². The van der Waals surface area contributed by atoms with Gasteiger partial charge in [0, 0.05) is 23.5 Å². The predicted molar refractivity (Wildman–Crippen MR) is 118 cm³/mol. The molecule has 0 bridgehead atoms. The predicted octanol–water partition coefficient (Wildman–Crippen LogP) is -1.94. The summed E-state index contributed by atoms with van der Waals surface area (Å²) in [5.74, 6) is -5.31. The van der Waals surface area contributed by atoms with E-state index in [9.17, 15) is 29.1 Å². The molecule has 34 heavy (non-hydrogen) atoms. The van der Waals surface area contributed by atoms with Gasteiger partial charge >= 0.3 is 11.9 Å². The summed E-state index contributed by atoms with van der Waals surface area (Å²) in [7, 11) is 0. The van der Waals surface area contributed by atoms with Crippen LogP contribution in [0.3, 0.4) is 0 Å². The zero-order valence-corrected chi connectivity index (χ0v) is 18.3. The van der Waals surface area contributed by atoms with Crippen LogP contribution in [-0.2, 0) is 30.4 Å². The van der Waals surface area contributed by atoms with E-state index in [4.69, 9.17) is 15.9 Å². The van der Waals surface area contributed by atoms with Gasteiger partial charge < -0.3 is 42.0 Å². The van der Waals surface area contributed by atoms with E-state index in [0.717, 1.165) is 10.9 Å². The summed E-state index contributed by atoms with van der Waals surface area (Å²) in [5.41, 5.74) is 7.02. The number of nitrogens with one attached hydrogen (secondary N) is 4. The second-order valence-electron chi connectivity index (χ2n) is 7.64. The zero-order chi connectivity index (χ0) is 25.4. The summed E-state index contributed by atoms with van der Waals surface area (Å²) in [6.07, 6.45) is 0.924. The molecular weight excluding hydrogens is 450 g/mol. The summed E-state index contributed by atoms with van der Waals surface area (Å²) in [5, 5.41) is 34.9. The number of aromatic nitrogens is 1. The van der Waals surface area contributed by atoms with Crippen molar-refractivity contribution in [2.45, 2.75) is 43.9 Å². The Labute approximate surface area is 193 Å². The highest BCUT2D eigenvalue weighted by Gasteiger charge is 2.30. The highest BCUT2D eigenvalue weighted by molar-refractivity contribution is 5.95. The number of carbonyl (C=O) groups excluding carboxylic acids is 3. The van der Waals surface area contributed by atoms with Gasteiger partial charge in [-0.1, -0.05) is 18.2 Å². The van der Waals surface area contributed by atoms with Crippen LogP contribution in [0.25, 0.3) is 10.9 Å². The van der Waals surface area contributed by atoms with Gasteiger partial charge in [0.1, 0.15) is 18.1 Å². The van der Waals surface area contributed by atoms with Gasteiger partial charge in [0.15, 0.2) is 0 Å². The van der Waals surface area contributed by atoms with Gasteiger partial charge in [-0.15, -0.1) is 0 Å². The minimum atomic E-state index is -1.50. The van der Waals surface area contributed by atoms with Crippen LogP contribution in [0.4, 0.5) is 0 Å². The van der Waals surface area contributed by atoms with Crippen LogP contribution in [0.5, 0.6) is 0 Å². The molecule has 184 valence electrons. The minimum Gasteiger partial charge on any atom is -0.481 e. The van der Waals surface area contributed by atoms with Crippen LogP contribution in [0.2, 0.25) is 0 Å². The van der Waals surface area contributed by atoms with Crippen molar-refractivity contribution < 1.29 is 39.3 Å². The number of benzene rings is 1. The molecule has 2 rings (SSSR count). The number of carboxylic acids is 2. The molecule has 13 heteroatoms. The van der Waals surface area contributed by atoms with E-state index in [1.165, 1.54) is 6.92 Å². The number of carbonyl (C=O) groups is 5. The monoisotopic (exact) mass is 477 g/mol. The number of para-hydroxylation sites is 1. The fraction of sp³-hybridized carbons (Fsp3) is 0.381. The Hall–Kier alpha value is -3.97. The Kier molecular flexibility index (Phi) is 9.10. The number of hydrogen-bond donors (Lipinski definition) is 8. The Morgan fingerprint density at radius 3 is 2.21 bits per heavy atom. The lowest BCUT2D eigenvalue weighted by atomic mass is 10.0. The lowest BCUT2D eigenvalue weighted by Gasteiger charge is -2.23. The molecule has 0 aliphatic heterocycles. The van der Waals surface area contributed by atoms with Crippen molar-refractivity contribution in [1.82, 2.24) is 20.9 Å². The number of hydrogen-bond acceptors (Lipinski definition) is 7. The van der Waals surface area contributed by atoms with Crippen LogP contribution in [0.1, 0.15) is 18.9 Å². The highest BCUT2D eigenvalue weighted by atomic mass is 16.4. The number of nitrogens with two attached hydrogens (primary N) is 1. The van der Waals surface area contributed by atoms with Crippen molar-refractivity contribution in [2.75, 3.05) is 6.61 Å². The Bertz CT molecular complexity index is 1070. The average molecular weight is 477 g/mol. The number of H-pyrrole nitrogens is 1. The number of aliphatic hydroxyl groups is 1. The van der Waals surface area contributed by atoms with Crippen molar-refractivity contribution in [3.63, 3.8) is 0 Å². The first kappa shape index (κ1) is 26.3. The minimum absolute atomic E-state index is 0.0489. The Balaban J connectivity index is 2.23. The van der Waals surface area contributed by atoms with E-state index in [1.807, 2.05) is 12.1 Å². The van der Waals surface area contributed by atoms with Crippen LogP contribution >= 0.6 is 0 Å². The molecule has 0 aliphatic carbocycles. The van der Waals surface area contributed by atoms with Gasteiger partial charge in [0.05, 0.1) is 19.1 Å². The van der Waals surface area contributed by atoms with Crippen LogP contribution in [0, 0.1) is 0 Å². The van der Waals surface area contributed by atoms with Crippen molar-refractivity contribution in [3.8, 4) is 0 Å². The molecule has 1 heterocycles. The molecule has 9 N–H and O–H groups in total. The summed E-state index contributed by atoms with van der Waals surface area (Å²) >= 11 is 0. The summed E-state index contributed by atoms with van der Waals surface area (Å²) in [6, 6.07) is 1.72. The first-order valence-electron chi connectivity index (χ1n) is 10.3. The van der Waals surface area contributed by atoms with Gasteiger partial charge in [-0.05, 0) is 18.6 Å². The largest absolute Gasteiger partial charge is 0.481 e. The number of aliphatic hydroxyl groups excluding tert-OH is 1. The number of carboxylic acid groups (broad SMARTS) is 2. The quantitative estimate of drug-likeness (QED) is 0.170. The van der Waals surface area contributed by atoms with E-state index in [0.29, 0.717) is 5.56 Å². The highest BCUT2D eigenvalue weighted by Crippen LogP contribution is 2.19. The number of amides is 3. The molecule has 13 nitrogen and oxygen atoms in total. The van der Waals surface area contributed by atoms with Gasteiger partial charge in [0.2, 0.25) is 17.7 Å². The molecule has 2 aromatic rings. The van der Waals surface area contributed by atoms with E-state index in [1.54, 1.807) is 18.3 Å². The normalized spacial score (nSPS) is 14.4. The molecule has 4 unspecified atom stereocenters. The lowest BCUT2D eigenvalue weighted by molar-refractivity contribution is -0.142. The fourth-order valence-electron chi connectivity index (χ4n) is 3.13. The SMILES string of the molecule is CC(NC(=O)C(CO)NC(=O)C(Cc1c[nH]c2ccccc12)NC(=O)C(N)CC(=O)O)C(=O)O. The number of fused-ring (bicyclic) bond motifs is 1. The Morgan fingerprint density at radius 1 is 0.971 bits per heavy atom. The molecule has 0 spiro atoms. The maximum absolute atomic E-state index is 13.0. The molecule has 0 saturated heterocycles. The molecule has 0 fully saturated rings. The maximum Gasteiger partial charge on any atom is 0.325 e. The lowest BCUT2D eigenvalue weighted by Crippen LogP contribution is -2.58. The average Bonchev–Trinajstić information content (AvgIpc) is 3.18. The second-order valence-corrected chi connectivity index (χ2v) is 7.64. The van der Waals surface area contributed by atoms with Gasteiger partial charge in [-0.2, -0.15) is 0 Å². The van der Waals surface area contributed by atoms with E-state index < -0.39 is 66.9 Å². The molecule has 1 aromatic carbocycles. The maximum atomic E-state index is 13.0. The van der Waals surface area contributed by atoms with Crippen molar-refractivity contribution in [3.05, 3.63) is 36.0 Å². The van der Waals surface area contributed by atoms with Gasteiger partial charge in [-0.3, -0.25) is 24.0 Å². The van der Waals surface area contributed by atoms with Crippen molar-refractivity contribution >= 4 is 40.6 Å².